The van der Waals surface area contributed by atoms with Crippen LogP contribution in [0.2, 0.25) is 0 Å². The first-order valence-corrected chi connectivity index (χ1v) is 4.61. The highest BCUT2D eigenvalue weighted by atomic mass is 127. The third-order valence-electron chi connectivity index (χ3n) is 0.651. The number of rotatable bonds is 2. The second-order valence-corrected chi connectivity index (χ2v) is 3.99. The smallest absolute Gasteiger partial charge is 0.0782 e. The molecule has 0 saturated heterocycles. The molecule has 0 fully saturated rings. The average Bonchev–Trinajstić information content (AvgIpc) is 2.21. The van der Waals surface area contributed by atoms with Crippen molar-refractivity contribution in [3.63, 3.8) is 0 Å². The summed E-state index contributed by atoms with van der Waals surface area (Å²) in [4.78, 5) is 0. The minimum Gasteiger partial charge on any atom is -0.303 e. The summed E-state index contributed by atoms with van der Waals surface area (Å²) in [5.74, 6) is 0. The van der Waals surface area contributed by atoms with Gasteiger partial charge in [0.1, 0.15) is 0 Å². The van der Waals surface area contributed by atoms with Crippen molar-refractivity contribution >= 4 is 24.7 Å². The fourth-order valence-electron chi connectivity index (χ4n) is 0.320. The van der Waals surface area contributed by atoms with Gasteiger partial charge < -0.3 is 5.32 Å². The summed E-state index contributed by atoms with van der Waals surface area (Å²) < 4.78 is 3.26. The molecule has 1 atom stereocenters. The van der Waals surface area contributed by atoms with Crippen LogP contribution in [0.1, 0.15) is 6.92 Å². The van der Waals surface area contributed by atoms with Crippen molar-refractivity contribution in [3.05, 3.63) is 0 Å². The summed E-state index contributed by atoms with van der Waals surface area (Å²) in [5, 5.41) is 3.31. The Hall–Kier alpha value is 0.560. The van der Waals surface area contributed by atoms with Crippen molar-refractivity contribution in [2.45, 2.75) is 11.0 Å². The fraction of sp³-hybridized carbons (Fsp3) is 0.750. The molecule has 0 aromatic heterocycles. The molecule has 0 aliphatic carbocycles. The molecule has 1 rings (SSSR count). The van der Waals surface area contributed by atoms with Crippen molar-refractivity contribution < 1.29 is 0 Å². The van der Waals surface area contributed by atoms with E-state index in [0.29, 0.717) is 20.7 Å². The molecule has 2 heteroatoms. The molecule has 0 radical (unpaired) electrons. The average molecular weight is 197 g/mol. The molecule has 1 heterocycles. The lowest BCUT2D eigenvalue weighted by molar-refractivity contribution is 0.815. The van der Waals surface area contributed by atoms with Gasteiger partial charge in [0.15, 0.2) is 0 Å². The summed E-state index contributed by atoms with van der Waals surface area (Å²) in [7, 11) is 0. The first kappa shape index (κ1) is 4.71. The van der Waals surface area contributed by atoms with Crippen LogP contribution in [-0.4, -0.2) is 14.6 Å². The van der Waals surface area contributed by atoms with Crippen molar-refractivity contribution in [2.24, 2.45) is 0 Å². The van der Waals surface area contributed by atoms with Crippen LogP contribution in [-0.2, 0) is 0 Å². The first-order valence-electron chi connectivity index (χ1n) is 2.12. The van der Waals surface area contributed by atoms with Gasteiger partial charge in [-0.3, -0.25) is 0 Å². The van der Waals surface area contributed by atoms with Gasteiger partial charge in [-0.25, -0.2) is 0 Å². The molecule has 0 amide bonds. The van der Waals surface area contributed by atoms with Gasteiger partial charge in [0.2, 0.25) is 0 Å². The summed E-state index contributed by atoms with van der Waals surface area (Å²) in [6.45, 7) is 3.29. The van der Waals surface area contributed by atoms with E-state index < -0.39 is 0 Å². The quantitative estimate of drug-likeness (QED) is 0.390. The van der Waals surface area contributed by atoms with Crippen LogP contribution in [0.5, 0.6) is 0 Å². The molecule has 0 aromatic carbocycles. The highest BCUT2D eigenvalue weighted by Gasteiger charge is 2.06. The van der Waals surface area contributed by atoms with Crippen LogP contribution in [0.3, 0.4) is 0 Å². The lowest BCUT2D eigenvalue weighted by Gasteiger charge is -1.89. The number of hydrogen-bond acceptors (Lipinski definition) is 1. The number of halogens is 1. The molecule has 1 aliphatic rings. The largest absolute Gasteiger partial charge is 0.303 e. The van der Waals surface area contributed by atoms with Crippen molar-refractivity contribution in [2.75, 3.05) is 6.54 Å². The zero-order valence-corrected chi connectivity index (χ0v) is 5.90. The highest BCUT2D eigenvalue weighted by molar-refractivity contribution is 14.2. The van der Waals surface area contributed by atoms with E-state index in [-0.39, 0.29) is 0 Å². The van der Waals surface area contributed by atoms with E-state index in [9.17, 15) is 0 Å². The van der Waals surface area contributed by atoms with Crippen LogP contribution in [0.4, 0.5) is 0 Å². The maximum atomic E-state index is 3.31. The zero-order valence-electron chi connectivity index (χ0n) is 3.74. The van der Waals surface area contributed by atoms with E-state index in [2.05, 4.69) is 16.3 Å². The normalized spacial score (nSPS) is 29.2. The monoisotopic (exact) mass is 197 g/mol. The first-order chi connectivity index (χ1) is 2.93. The van der Waals surface area contributed by atoms with Gasteiger partial charge in [-0.15, -0.1) is 20.7 Å². The minimum absolute atomic E-state index is 0.532. The highest BCUT2D eigenvalue weighted by Crippen LogP contribution is 2.17. The maximum absolute atomic E-state index is 3.31. The molecule has 6 heavy (non-hydrogen) atoms. The molecular weight excluding hydrogens is 189 g/mol. The molecule has 0 saturated carbocycles. The summed E-state index contributed by atoms with van der Waals surface area (Å²) in [6.07, 6.45) is 0. The summed E-state index contributed by atoms with van der Waals surface area (Å²) in [6, 6.07) is 0. The lowest BCUT2D eigenvalue weighted by Crippen LogP contribution is -2.15. The van der Waals surface area contributed by atoms with Crippen LogP contribution in [0.15, 0.2) is 0 Å². The van der Waals surface area contributed by atoms with Gasteiger partial charge in [0.05, 0.1) is 4.05 Å². The Balaban J connectivity index is 1.90. The Kier molecular flexibility index (Phi) is 1.59. The van der Waals surface area contributed by atoms with Crippen LogP contribution in [0, 0.1) is 0 Å². The van der Waals surface area contributed by atoms with Crippen molar-refractivity contribution in [1.29, 1.82) is 0 Å². The minimum atomic E-state index is 0.532. The van der Waals surface area contributed by atoms with Crippen LogP contribution in [0.25, 0.3) is 0 Å². The molecular formula is C4H8IN. The summed E-state index contributed by atoms with van der Waals surface area (Å²) >= 11 is 0.532. The van der Waals surface area contributed by atoms with E-state index >= 15 is 0 Å². The van der Waals surface area contributed by atoms with Gasteiger partial charge in [0.25, 0.3) is 0 Å². The molecule has 0 spiro atoms. The van der Waals surface area contributed by atoms with E-state index in [4.69, 9.17) is 0 Å². The fourth-order valence-corrected chi connectivity index (χ4v) is 1.48. The molecule has 36 valence electrons. The second kappa shape index (κ2) is 2.02. The Morgan fingerprint density at radius 3 is 2.83 bits per heavy atom. The Bertz CT molecular complexity index is 63.9. The number of hydrogen-bond donors (Lipinski definition) is 1. The van der Waals surface area contributed by atoms with E-state index in [1.54, 1.807) is 0 Å². The molecule has 0 aromatic rings. The Morgan fingerprint density at radius 2 is 2.67 bits per heavy atom. The third-order valence-corrected chi connectivity index (χ3v) is 2.53. The van der Waals surface area contributed by atoms with Gasteiger partial charge >= 0.3 is 0 Å². The van der Waals surface area contributed by atoms with Crippen LogP contribution < -0.4 is 5.32 Å². The second-order valence-electron chi connectivity index (χ2n) is 1.21. The van der Waals surface area contributed by atoms with Gasteiger partial charge in [-0.05, 0) is 10.6 Å². The van der Waals surface area contributed by atoms with E-state index in [0.717, 1.165) is 10.6 Å². The number of alkyl halides is 1. The van der Waals surface area contributed by atoms with Gasteiger partial charge in [-0.2, -0.15) is 0 Å². The molecule has 1 N–H and O–H groups in total. The predicted molar refractivity (Wildman–Crippen MR) is 37.5 cm³/mol. The molecule has 0 bridgehead atoms. The van der Waals surface area contributed by atoms with E-state index in [1.165, 1.54) is 0 Å². The summed E-state index contributed by atoms with van der Waals surface area (Å²) in [5.41, 5.74) is 0. The third kappa shape index (κ3) is 1.34. The molecule has 1 aliphatic heterocycles. The molecule has 1 nitrogen and oxygen atoms in total. The standard InChI is InChI=1S/C4H8IN/c1-2-6-4-3-5-4/h3-4,6H,2H2,1H3. The van der Waals surface area contributed by atoms with Crippen molar-refractivity contribution in [1.82, 2.24) is 5.32 Å². The Morgan fingerprint density at radius 1 is 2.00 bits per heavy atom. The van der Waals surface area contributed by atoms with Crippen molar-refractivity contribution in [3.8, 4) is 0 Å². The Labute approximate surface area is 47.9 Å². The van der Waals surface area contributed by atoms with Gasteiger partial charge in [0, 0.05) is 0 Å². The molecule has 1 unspecified atom stereocenters. The predicted octanol–water partition coefficient (Wildman–Crippen LogP) is 0.709. The zero-order chi connectivity index (χ0) is 4.41. The van der Waals surface area contributed by atoms with Gasteiger partial charge in [-0.1, -0.05) is 6.92 Å². The number of nitrogens with one attached hydrogen (secondary N) is 1. The maximum Gasteiger partial charge on any atom is 0.0782 e. The topological polar surface area (TPSA) is 12.0 Å². The SMILES string of the molecule is CCNC1C=I1. The lowest BCUT2D eigenvalue weighted by atomic mass is 10.7. The van der Waals surface area contributed by atoms with E-state index in [1.807, 2.05) is 0 Å². The van der Waals surface area contributed by atoms with Crippen LogP contribution >= 0.6 is 20.7 Å².